The highest BCUT2D eigenvalue weighted by atomic mass is 32.2. The van der Waals surface area contributed by atoms with Gasteiger partial charge in [-0.2, -0.15) is 11.8 Å². The molecule has 0 saturated carbocycles. The maximum absolute atomic E-state index is 11.3. The Labute approximate surface area is 155 Å². The third-order valence-electron chi connectivity index (χ3n) is 6.20. The largest absolute Gasteiger partial charge is 0.384 e. The van der Waals surface area contributed by atoms with Crippen LogP contribution in [0.4, 0.5) is 5.69 Å². The highest BCUT2D eigenvalue weighted by molar-refractivity contribution is 7.99. The second-order valence-corrected chi connectivity index (χ2v) is 9.14. The van der Waals surface area contributed by atoms with Crippen molar-refractivity contribution in [2.24, 2.45) is 5.92 Å². The summed E-state index contributed by atoms with van der Waals surface area (Å²) in [6.45, 7) is 7.55. The van der Waals surface area contributed by atoms with E-state index in [9.17, 15) is 4.79 Å². The molecular formula is C21H30N2OS. The number of nitrogens with one attached hydrogen (secondary N) is 1. The second kappa shape index (κ2) is 7.32. The van der Waals surface area contributed by atoms with Crippen molar-refractivity contribution < 1.29 is 4.79 Å². The molecule has 1 aliphatic carbocycles. The molecule has 3 nitrogen and oxygen atoms in total. The van der Waals surface area contributed by atoms with Crippen molar-refractivity contribution in [2.75, 3.05) is 36.5 Å². The first-order valence-corrected chi connectivity index (χ1v) is 11.0. The molecule has 0 aromatic heterocycles. The summed E-state index contributed by atoms with van der Waals surface area (Å²) in [5.41, 5.74) is 4.62. The molecule has 25 heavy (non-hydrogen) atoms. The minimum absolute atomic E-state index is 0.302. The van der Waals surface area contributed by atoms with Crippen LogP contribution in [0.25, 0.3) is 0 Å². The van der Waals surface area contributed by atoms with Crippen LogP contribution in [0.2, 0.25) is 0 Å². The van der Waals surface area contributed by atoms with Crippen molar-refractivity contribution in [2.45, 2.75) is 51.0 Å². The number of thioether (sulfide) groups is 1. The van der Waals surface area contributed by atoms with Gasteiger partial charge >= 0.3 is 0 Å². The monoisotopic (exact) mass is 358 g/mol. The first-order valence-electron chi connectivity index (χ1n) is 9.85. The maximum Gasteiger partial charge on any atom is 0.139 e. The van der Waals surface area contributed by atoms with Crippen LogP contribution in [0.15, 0.2) is 18.2 Å². The van der Waals surface area contributed by atoms with Crippen LogP contribution in [0.1, 0.15) is 56.1 Å². The highest BCUT2D eigenvalue weighted by Crippen LogP contribution is 2.51. The number of piperidine rings is 1. The average molecular weight is 359 g/mol. The predicted octanol–water partition coefficient (Wildman–Crippen LogP) is 4.11. The summed E-state index contributed by atoms with van der Waals surface area (Å²) < 4.78 is 0. The zero-order chi connectivity index (χ0) is 17.4. The second-order valence-electron chi connectivity index (χ2n) is 8.11. The molecule has 1 fully saturated rings. The van der Waals surface area contributed by atoms with Crippen LogP contribution in [-0.4, -0.2) is 47.9 Å². The minimum atomic E-state index is 0.302. The minimum Gasteiger partial charge on any atom is -0.384 e. The van der Waals surface area contributed by atoms with E-state index in [1.54, 1.807) is 18.1 Å². The zero-order valence-corrected chi connectivity index (χ0v) is 16.3. The molecule has 1 aromatic carbocycles. The van der Waals surface area contributed by atoms with E-state index in [0.29, 0.717) is 35.3 Å². The van der Waals surface area contributed by atoms with E-state index in [2.05, 4.69) is 35.3 Å². The van der Waals surface area contributed by atoms with Crippen molar-refractivity contribution in [1.82, 2.24) is 4.90 Å². The van der Waals surface area contributed by atoms with E-state index in [1.165, 1.54) is 38.0 Å². The molecule has 0 radical (unpaired) electrons. The van der Waals surface area contributed by atoms with Gasteiger partial charge in [0.15, 0.2) is 0 Å². The van der Waals surface area contributed by atoms with E-state index in [0.717, 1.165) is 12.3 Å². The van der Waals surface area contributed by atoms with E-state index in [1.807, 2.05) is 11.8 Å². The van der Waals surface area contributed by atoms with Gasteiger partial charge in [0.2, 0.25) is 0 Å². The molecule has 4 heteroatoms. The van der Waals surface area contributed by atoms with Crippen LogP contribution in [0.5, 0.6) is 0 Å². The lowest BCUT2D eigenvalue weighted by Gasteiger charge is -2.49. The molecule has 1 N–H and O–H groups in total. The van der Waals surface area contributed by atoms with Gasteiger partial charge in [-0.15, -0.1) is 0 Å². The molecule has 136 valence electrons. The third-order valence-corrected chi connectivity index (χ3v) is 7.51. The lowest BCUT2D eigenvalue weighted by atomic mass is 9.68. The molecule has 0 amide bonds. The number of rotatable bonds is 6. The van der Waals surface area contributed by atoms with Gasteiger partial charge in [0.25, 0.3) is 0 Å². The molecule has 1 aromatic rings. The Balaban J connectivity index is 1.57. The molecule has 0 spiro atoms. The lowest BCUT2D eigenvalue weighted by molar-refractivity contribution is -0.114. The number of hydrogen-bond donors (Lipinski definition) is 1. The number of benzene rings is 1. The summed E-state index contributed by atoms with van der Waals surface area (Å²) in [5, 5.41) is 3.64. The van der Waals surface area contributed by atoms with Gasteiger partial charge in [0.1, 0.15) is 5.78 Å². The number of likely N-dealkylation sites (tertiary alicyclic amines) is 1. The standard InChI is InChI=1S/C21H30N2OS/c1-3-7-23-11-15(13-25-12-14(2)24)8-18-17-5-4-6-19-21(17)16(10-22-19)9-20(18)23/h4-6,15-16,18,20,22H,3,7-13H2,1-2H3. The van der Waals surface area contributed by atoms with Crippen LogP contribution in [-0.2, 0) is 4.79 Å². The number of hydrogen-bond acceptors (Lipinski definition) is 4. The molecule has 4 rings (SSSR count). The van der Waals surface area contributed by atoms with Crippen LogP contribution < -0.4 is 5.32 Å². The quantitative estimate of drug-likeness (QED) is 0.829. The van der Waals surface area contributed by atoms with E-state index < -0.39 is 0 Å². The molecule has 4 unspecified atom stereocenters. The number of ketones is 1. The fourth-order valence-electron chi connectivity index (χ4n) is 5.34. The van der Waals surface area contributed by atoms with Gasteiger partial charge in [-0.1, -0.05) is 19.1 Å². The number of carbonyl (C=O) groups excluding carboxylic acids is 1. The Morgan fingerprint density at radius 2 is 2.24 bits per heavy atom. The highest BCUT2D eigenvalue weighted by Gasteiger charge is 2.44. The van der Waals surface area contributed by atoms with Crippen molar-refractivity contribution >= 4 is 23.2 Å². The van der Waals surface area contributed by atoms with Crippen molar-refractivity contribution in [1.29, 1.82) is 0 Å². The van der Waals surface area contributed by atoms with E-state index in [4.69, 9.17) is 0 Å². The smallest absolute Gasteiger partial charge is 0.139 e. The lowest BCUT2D eigenvalue weighted by Crippen LogP contribution is -2.50. The summed E-state index contributed by atoms with van der Waals surface area (Å²) in [4.78, 5) is 14.1. The topological polar surface area (TPSA) is 32.3 Å². The van der Waals surface area contributed by atoms with Gasteiger partial charge in [-0.25, -0.2) is 0 Å². The normalized spacial score (nSPS) is 30.5. The Morgan fingerprint density at radius 3 is 3.04 bits per heavy atom. The van der Waals surface area contributed by atoms with E-state index in [-0.39, 0.29) is 0 Å². The van der Waals surface area contributed by atoms with Crippen molar-refractivity contribution in [3.05, 3.63) is 29.3 Å². The number of anilines is 1. The van der Waals surface area contributed by atoms with Crippen LogP contribution in [0.3, 0.4) is 0 Å². The Hall–Kier alpha value is -1.00. The van der Waals surface area contributed by atoms with Gasteiger partial charge < -0.3 is 5.32 Å². The third kappa shape index (κ3) is 3.35. The summed E-state index contributed by atoms with van der Waals surface area (Å²) >= 11 is 1.84. The molecular weight excluding hydrogens is 328 g/mol. The number of fused-ring (bicyclic) bond motifs is 2. The Bertz CT molecular complexity index is 647. The SMILES string of the molecule is CCCN1CC(CSCC(C)=O)CC2c3cccc4c3C(CN4)CC21. The number of Topliss-reactive ketones (excluding diaryl/α,β-unsaturated/α-hetero) is 1. The van der Waals surface area contributed by atoms with Crippen LogP contribution >= 0.6 is 11.8 Å². The molecule has 2 heterocycles. The summed E-state index contributed by atoms with van der Waals surface area (Å²) in [7, 11) is 0. The van der Waals surface area contributed by atoms with E-state index >= 15 is 0 Å². The summed E-state index contributed by atoms with van der Waals surface area (Å²) in [5.74, 6) is 4.19. The molecule has 1 saturated heterocycles. The molecule has 4 atom stereocenters. The molecule has 3 aliphatic rings. The van der Waals surface area contributed by atoms with Gasteiger partial charge in [-0.3, -0.25) is 9.69 Å². The number of nitrogens with zero attached hydrogens (tertiary/aromatic N) is 1. The van der Waals surface area contributed by atoms with Crippen molar-refractivity contribution in [3.8, 4) is 0 Å². The Morgan fingerprint density at radius 1 is 1.36 bits per heavy atom. The van der Waals surface area contributed by atoms with Crippen LogP contribution in [0, 0.1) is 5.92 Å². The molecule has 0 bridgehead atoms. The summed E-state index contributed by atoms with van der Waals surface area (Å²) in [6.07, 6.45) is 3.83. The number of carbonyl (C=O) groups is 1. The van der Waals surface area contributed by atoms with Crippen molar-refractivity contribution in [3.63, 3.8) is 0 Å². The fraction of sp³-hybridized carbons (Fsp3) is 0.667. The Kier molecular flexibility index (Phi) is 5.10. The fourth-order valence-corrected chi connectivity index (χ4v) is 6.32. The maximum atomic E-state index is 11.3. The molecule has 2 aliphatic heterocycles. The van der Waals surface area contributed by atoms with Gasteiger partial charge in [0.05, 0.1) is 5.75 Å². The zero-order valence-electron chi connectivity index (χ0n) is 15.5. The van der Waals surface area contributed by atoms with Gasteiger partial charge in [0, 0.05) is 36.7 Å². The average Bonchev–Trinajstić information content (AvgIpc) is 3.00. The first kappa shape index (κ1) is 17.4. The summed E-state index contributed by atoms with van der Waals surface area (Å²) in [6, 6.07) is 7.60. The predicted molar refractivity (Wildman–Crippen MR) is 107 cm³/mol. The van der Waals surface area contributed by atoms with Gasteiger partial charge in [-0.05, 0) is 61.6 Å². The first-order chi connectivity index (χ1) is 12.2.